The number of piperidine rings is 2. The minimum Gasteiger partial charge on any atom is -0.251 e. The summed E-state index contributed by atoms with van der Waals surface area (Å²) in [7, 11) is 0. The van der Waals surface area contributed by atoms with Gasteiger partial charge in [-0.2, -0.15) is 0 Å². The number of rotatable bonds is 3. The van der Waals surface area contributed by atoms with Crippen LogP contribution in [0.3, 0.4) is 0 Å². The lowest BCUT2D eigenvalue weighted by atomic mass is 9.81. The molecule has 0 unspecified atom stereocenters. The lowest BCUT2D eigenvalue weighted by Crippen LogP contribution is -2.54. The number of hydrogen-bond donors (Lipinski definition) is 1. The van der Waals surface area contributed by atoms with Crippen molar-refractivity contribution < 1.29 is 0 Å². The van der Waals surface area contributed by atoms with Gasteiger partial charge in [-0.15, -0.1) is 0 Å². The van der Waals surface area contributed by atoms with Crippen LogP contribution in [0, 0.1) is 5.92 Å². The van der Waals surface area contributed by atoms with Crippen molar-refractivity contribution in [2.45, 2.75) is 38.3 Å². The van der Waals surface area contributed by atoms with Crippen molar-refractivity contribution in [2.75, 3.05) is 6.54 Å². The predicted octanol–water partition coefficient (Wildman–Crippen LogP) is 3.22. The number of halogens is 1. The molecule has 3 aliphatic rings. The maximum Gasteiger partial charge on any atom is 0.0406 e. The van der Waals surface area contributed by atoms with Gasteiger partial charge in [-0.25, -0.2) is 5.01 Å². The molecule has 1 aromatic carbocycles. The van der Waals surface area contributed by atoms with E-state index < -0.39 is 0 Å². The second kappa shape index (κ2) is 4.97. The van der Waals surface area contributed by atoms with Gasteiger partial charge in [0.15, 0.2) is 0 Å². The third kappa shape index (κ3) is 2.65. The van der Waals surface area contributed by atoms with Crippen molar-refractivity contribution in [1.29, 1.82) is 0 Å². The van der Waals surface area contributed by atoms with Crippen molar-refractivity contribution in [2.24, 2.45) is 5.92 Å². The van der Waals surface area contributed by atoms with E-state index in [1.165, 1.54) is 37.8 Å². The average Bonchev–Trinajstić information content (AvgIpc) is 2.39. The SMILES string of the molecule is Clc1ccc(CNN2CC3CCC2CC3)cc1. The van der Waals surface area contributed by atoms with E-state index in [9.17, 15) is 0 Å². The van der Waals surface area contributed by atoms with Crippen molar-refractivity contribution in [3.8, 4) is 0 Å². The van der Waals surface area contributed by atoms with E-state index in [-0.39, 0.29) is 0 Å². The summed E-state index contributed by atoms with van der Waals surface area (Å²) < 4.78 is 0. The third-order valence-corrected chi connectivity index (χ3v) is 4.36. The van der Waals surface area contributed by atoms with Crippen molar-refractivity contribution in [3.63, 3.8) is 0 Å². The van der Waals surface area contributed by atoms with Crippen LogP contribution in [-0.4, -0.2) is 17.6 Å². The highest BCUT2D eigenvalue weighted by Crippen LogP contribution is 2.33. The van der Waals surface area contributed by atoms with Gasteiger partial charge in [0.2, 0.25) is 0 Å². The second-order valence-corrected chi connectivity index (χ2v) is 5.72. The van der Waals surface area contributed by atoms with E-state index in [1.807, 2.05) is 12.1 Å². The molecule has 17 heavy (non-hydrogen) atoms. The van der Waals surface area contributed by atoms with Gasteiger partial charge in [-0.1, -0.05) is 23.7 Å². The van der Waals surface area contributed by atoms with Crippen LogP contribution in [0.25, 0.3) is 0 Å². The summed E-state index contributed by atoms with van der Waals surface area (Å²) in [6, 6.07) is 8.88. The fourth-order valence-electron chi connectivity index (χ4n) is 3.06. The van der Waals surface area contributed by atoms with E-state index in [4.69, 9.17) is 11.6 Å². The highest BCUT2D eigenvalue weighted by molar-refractivity contribution is 6.30. The molecule has 4 rings (SSSR count). The largest absolute Gasteiger partial charge is 0.251 e. The van der Waals surface area contributed by atoms with Gasteiger partial charge in [0.05, 0.1) is 0 Å². The molecule has 2 nitrogen and oxygen atoms in total. The Kier molecular flexibility index (Phi) is 3.37. The molecule has 1 aliphatic carbocycles. The Bertz CT molecular complexity index is 368. The first kappa shape index (κ1) is 11.5. The zero-order chi connectivity index (χ0) is 11.7. The van der Waals surface area contributed by atoms with E-state index >= 15 is 0 Å². The van der Waals surface area contributed by atoms with Crippen LogP contribution in [0.1, 0.15) is 31.2 Å². The predicted molar refractivity (Wildman–Crippen MR) is 70.7 cm³/mol. The first-order valence-electron chi connectivity index (χ1n) is 6.56. The summed E-state index contributed by atoms with van der Waals surface area (Å²) in [6.07, 6.45) is 5.62. The number of nitrogens with zero attached hydrogens (tertiary/aromatic N) is 1. The van der Waals surface area contributed by atoms with Gasteiger partial charge in [0.25, 0.3) is 0 Å². The molecule has 3 fully saturated rings. The van der Waals surface area contributed by atoms with Gasteiger partial charge in [0, 0.05) is 24.2 Å². The normalized spacial score (nSPS) is 28.5. The van der Waals surface area contributed by atoms with Gasteiger partial charge in [-0.3, -0.25) is 5.43 Å². The second-order valence-electron chi connectivity index (χ2n) is 5.29. The molecule has 2 aliphatic heterocycles. The molecule has 2 bridgehead atoms. The number of nitrogens with one attached hydrogen (secondary N) is 1. The van der Waals surface area contributed by atoms with Crippen LogP contribution in [-0.2, 0) is 6.54 Å². The summed E-state index contributed by atoms with van der Waals surface area (Å²) in [5.41, 5.74) is 4.88. The summed E-state index contributed by atoms with van der Waals surface area (Å²) >= 11 is 5.88. The molecule has 1 aromatic rings. The minimum atomic E-state index is 0.771. The fourth-order valence-corrected chi connectivity index (χ4v) is 3.18. The maximum atomic E-state index is 5.88. The van der Waals surface area contributed by atoms with Crippen LogP contribution in [0.5, 0.6) is 0 Å². The molecule has 92 valence electrons. The minimum absolute atomic E-state index is 0.771. The number of hydrazine groups is 1. The molecule has 0 aromatic heterocycles. The molecule has 0 amide bonds. The average molecular weight is 251 g/mol. The molecule has 1 N–H and O–H groups in total. The van der Waals surface area contributed by atoms with E-state index in [0.717, 1.165) is 23.5 Å². The van der Waals surface area contributed by atoms with Crippen molar-refractivity contribution in [1.82, 2.24) is 10.4 Å². The Morgan fingerprint density at radius 3 is 2.41 bits per heavy atom. The van der Waals surface area contributed by atoms with Crippen molar-refractivity contribution >= 4 is 11.6 Å². The zero-order valence-corrected chi connectivity index (χ0v) is 10.8. The first-order chi connectivity index (χ1) is 8.31. The molecule has 2 heterocycles. The Labute approximate surface area is 108 Å². The van der Waals surface area contributed by atoms with E-state index in [0.29, 0.717) is 0 Å². The Hall–Kier alpha value is -0.570. The maximum absolute atomic E-state index is 5.88. The standard InChI is InChI=1S/C14H19ClN2/c15-13-5-1-11(2-6-13)9-16-17-10-12-3-7-14(17)8-4-12/h1-2,5-6,12,14,16H,3-4,7-10H2. The molecule has 0 atom stereocenters. The number of hydrogen-bond acceptors (Lipinski definition) is 2. The van der Waals surface area contributed by atoms with Gasteiger partial charge in [0.1, 0.15) is 0 Å². The molecule has 1 saturated carbocycles. The van der Waals surface area contributed by atoms with Gasteiger partial charge >= 0.3 is 0 Å². The third-order valence-electron chi connectivity index (χ3n) is 4.11. The van der Waals surface area contributed by atoms with Crippen LogP contribution in [0.15, 0.2) is 24.3 Å². The Balaban J connectivity index is 1.56. The molecule has 0 radical (unpaired) electrons. The number of benzene rings is 1. The van der Waals surface area contributed by atoms with Crippen LogP contribution in [0.2, 0.25) is 5.02 Å². The lowest BCUT2D eigenvalue weighted by Gasteiger charge is -2.45. The summed E-state index contributed by atoms with van der Waals surface area (Å²) in [5, 5.41) is 3.28. The van der Waals surface area contributed by atoms with Crippen molar-refractivity contribution in [3.05, 3.63) is 34.9 Å². The monoisotopic (exact) mass is 250 g/mol. The van der Waals surface area contributed by atoms with Crippen LogP contribution in [0.4, 0.5) is 0 Å². The molecular weight excluding hydrogens is 232 g/mol. The molecule has 3 heteroatoms. The van der Waals surface area contributed by atoms with Gasteiger partial charge in [-0.05, 0) is 49.3 Å². The summed E-state index contributed by atoms with van der Waals surface area (Å²) in [6.45, 7) is 2.15. The summed E-state index contributed by atoms with van der Waals surface area (Å²) in [5.74, 6) is 0.928. The van der Waals surface area contributed by atoms with E-state index in [1.54, 1.807) is 0 Å². The smallest absolute Gasteiger partial charge is 0.0406 e. The lowest BCUT2D eigenvalue weighted by molar-refractivity contribution is 0.00417. The topological polar surface area (TPSA) is 15.3 Å². The van der Waals surface area contributed by atoms with E-state index in [2.05, 4.69) is 22.6 Å². The van der Waals surface area contributed by atoms with Crippen LogP contribution >= 0.6 is 11.6 Å². The molecule has 0 spiro atoms. The Morgan fingerprint density at radius 2 is 1.82 bits per heavy atom. The number of fused-ring (bicyclic) bond motifs is 3. The van der Waals surface area contributed by atoms with Crippen LogP contribution < -0.4 is 5.43 Å². The highest BCUT2D eigenvalue weighted by atomic mass is 35.5. The molecule has 2 saturated heterocycles. The quantitative estimate of drug-likeness (QED) is 0.886. The fraction of sp³-hybridized carbons (Fsp3) is 0.571. The summed E-state index contributed by atoms with van der Waals surface area (Å²) in [4.78, 5) is 0. The van der Waals surface area contributed by atoms with Gasteiger partial charge < -0.3 is 0 Å². The Morgan fingerprint density at radius 1 is 1.12 bits per heavy atom. The highest BCUT2D eigenvalue weighted by Gasteiger charge is 2.33. The molecular formula is C14H19ClN2. The first-order valence-corrected chi connectivity index (χ1v) is 6.93. The zero-order valence-electron chi connectivity index (χ0n) is 10.0.